The fourth-order valence-electron chi connectivity index (χ4n) is 2.69. The molecule has 108 valence electrons. The molecule has 2 aliphatic rings. The third-order valence-corrected chi connectivity index (χ3v) is 5.92. The number of rotatable bonds is 1. The van der Waals surface area contributed by atoms with Crippen LogP contribution in [0.5, 0.6) is 0 Å². The molecule has 2 aliphatic heterocycles. The molecule has 20 heavy (non-hydrogen) atoms. The zero-order chi connectivity index (χ0) is 14.2. The lowest BCUT2D eigenvalue weighted by atomic mass is 9.94. The summed E-state index contributed by atoms with van der Waals surface area (Å²) in [5.74, 6) is 0.976. The van der Waals surface area contributed by atoms with Crippen molar-refractivity contribution in [1.82, 2.24) is 4.31 Å². The number of fused-ring (bicyclic) bond motifs is 1. The number of halogens is 1. The predicted molar refractivity (Wildman–Crippen MR) is 80.8 cm³/mol. The predicted octanol–water partition coefficient (Wildman–Crippen LogP) is 2.18. The van der Waals surface area contributed by atoms with Gasteiger partial charge in [0.25, 0.3) is 0 Å². The van der Waals surface area contributed by atoms with Crippen molar-refractivity contribution in [2.45, 2.75) is 25.3 Å². The summed E-state index contributed by atoms with van der Waals surface area (Å²) in [6, 6.07) is 6.81. The molecule has 0 saturated heterocycles. The van der Waals surface area contributed by atoms with Crippen LogP contribution in [0.25, 0.3) is 0 Å². The van der Waals surface area contributed by atoms with E-state index in [0.717, 1.165) is 25.9 Å². The summed E-state index contributed by atoms with van der Waals surface area (Å²) in [7, 11) is -0.292. The topological polar surface area (TPSA) is 54.0 Å². The van der Waals surface area contributed by atoms with Crippen LogP contribution in [0, 0.1) is 5.82 Å². The molecule has 6 heteroatoms. The summed E-state index contributed by atoms with van der Waals surface area (Å²) in [6.07, 6.45) is 2.17. The summed E-state index contributed by atoms with van der Waals surface area (Å²) < 4.78 is 20.9. The molecule has 0 spiro atoms. The molecule has 0 radical (unpaired) electrons. The third-order valence-electron chi connectivity index (χ3n) is 3.75. The van der Waals surface area contributed by atoms with E-state index < -0.39 is 5.54 Å². The van der Waals surface area contributed by atoms with E-state index >= 15 is 0 Å². The Morgan fingerprint density at radius 3 is 2.95 bits per heavy atom. The first-order valence-corrected chi connectivity index (χ1v) is 8.17. The Balaban J connectivity index is 2.05. The Kier molecular flexibility index (Phi) is 3.50. The van der Waals surface area contributed by atoms with Crippen LogP contribution < -0.4 is 5.73 Å². The summed E-state index contributed by atoms with van der Waals surface area (Å²) in [5.41, 5.74) is 6.11. The number of guanidine groups is 1. The van der Waals surface area contributed by atoms with Gasteiger partial charge < -0.3 is 5.73 Å². The summed E-state index contributed by atoms with van der Waals surface area (Å²) in [6.45, 7) is 3.71. The number of hydrogen-bond donors (Lipinski definition) is 1. The van der Waals surface area contributed by atoms with Crippen molar-refractivity contribution in [3.63, 3.8) is 0 Å². The van der Waals surface area contributed by atoms with E-state index in [4.69, 9.17) is 10.1 Å². The summed E-state index contributed by atoms with van der Waals surface area (Å²) >= 11 is 0. The van der Waals surface area contributed by atoms with Gasteiger partial charge in [-0.25, -0.2) is 13.7 Å². The highest BCUT2D eigenvalue weighted by Crippen LogP contribution is 2.33. The molecule has 0 aliphatic carbocycles. The Morgan fingerprint density at radius 1 is 1.35 bits per heavy atom. The smallest absolute Gasteiger partial charge is 0.203 e. The second kappa shape index (κ2) is 5.16. The first-order chi connectivity index (χ1) is 9.60. The molecule has 0 bridgehead atoms. The standard InChI is InChI=1S/C14H19FN4S/c1-14(11-6-2-3-7-12(11)15)10-20-17-8-4-5-9-19(20)13(16)18-14/h2-3,6-7H,4-5,8-10H2,1H3,(H2,16,18). The van der Waals surface area contributed by atoms with Gasteiger partial charge in [-0.3, -0.25) is 4.31 Å². The van der Waals surface area contributed by atoms with E-state index in [1.54, 1.807) is 12.1 Å². The molecule has 2 heterocycles. The highest BCUT2D eigenvalue weighted by atomic mass is 32.2. The molecule has 1 aromatic rings. The van der Waals surface area contributed by atoms with Gasteiger partial charge in [-0.2, -0.15) is 0 Å². The maximum Gasteiger partial charge on any atom is 0.203 e. The quantitative estimate of drug-likeness (QED) is 0.863. The Labute approximate surface area is 121 Å². The van der Waals surface area contributed by atoms with E-state index in [-0.39, 0.29) is 16.7 Å². The van der Waals surface area contributed by atoms with Gasteiger partial charge in [-0.15, -0.1) is 0 Å². The average molecular weight is 294 g/mol. The normalized spacial score (nSPS) is 30.0. The van der Waals surface area contributed by atoms with Crippen molar-refractivity contribution >= 4 is 16.8 Å². The van der Waals surface area contributed by atoms with Gasteiger partial charge in [0.05, 0.1) is 5.75 Å². The minimum Gasteiger partial charge on any atom is -0.369 e. The van der Waals surface area contributed by atoms with Crippen LogP contribution in [0.3, 0.4) is 0 Å². The minimum absolute atomic E-state index is 0.224. The van der Waals surface area contributed by atoms with Crippen molar-refractivity contribution in [1.29, 1.82) is 0 Å². The van der Waals surface area contributed by atoms with Gasteiger partial charge >= 0.3 is 0 Å². The summed E-state index contributed by atoms with van der Waals surface area (Å²) in [5, 5.41) is 0. The molecule has 0 amide bonds. The van der Waals surface area contributed by atoms with Gasteiger partial charge in [0, 0.05) is 18.7 Å². The van der Waals surface area contributed by atoms with Crippen LogP contribution >= 0.6 is 0 Å². The zero-order valence-electron chi connectivity index (χ0n) is 11.6. The Bertz CT molecular complexity index is 586. The monoisotopic (exact) mass is 294 g/mol. The van der Waals surface area contributed by atoms with Crippen LogP contribution in [-0.4, -0.2) is 29.1 Å². The molecule has 0 saturated carbocycles. The molecule has 2 atom stereocenters. The van der Waals surface area contributed by atoms with Gasteiger partial charge in [-0.05, 0) is 36.7 Å². The maximum absolute atomic E-state index is 14.1. The molecule has 2 unspecified atom stereocenters. The van der Waals surface area contributed by atoms with Crippen molar-refractivity contribution in [2.75, 3.05) is 18.8 Å². The lowest BCUT2D eigenvalue weighted by Gasteiger charge is -2.37. The minimum atomic E-state index is -0.622. The van der Waals surface area contributed by atoms with Gasteiger partial charge in [0.1, 0.15) is 11.4 Å². The number of nitrogens with zero attached hydrogens (tertiary/aromatic N) is 3. The van der Waals surface area contributed by atoms with Crippen molar-refractivity contribution in [3.05, 3.63) is 35.6 Å². The Hall–Kier alpha value is -1.43. The highest BCUT2D eigenvalue weighted by molar-refractivity contribution is 7.85. The van der Waals surface area contributed by atoms with Crippen molar-refractivity contribution in [3.8, 4) is 0 Å². The lowest BCUT2D eigenvalue weighted by molar-refractivity contribution is 0.481. The molecule has 4 nitrogen and oxygen atoms in total. The molecule has 0 aromatic heterocycles. The molecule has 2 N–H and O–H groups in total. The van der Waals surface area contributed by atoms with Crippen LogP contribution in [0.2, 0.25) is 0 Å². The SMILES string of the molecule is CC1(c2ccccc2F)CS2=NCCCCN2C(N)=N1. The molecule has 0 fully saturated rings. The van der Waals surface area contributed by atoms with E-state index in [1.165, 1.54) is 6.07 Å². The second-order valence-corrected chi connectivity index (χ2v) is 7.04. The largest absolute Gasteiger partial charge is 0.369 e. The Morgan fingerprint density at radius 2 is 2.15 bits per heavy atom. The first kappa shape index (κ1) is 13.5. The fraction of sp³-hybridized carbons (Fsp3) is 0.500. The van der Waals surface area contributed by atoms with Gasteiger partial charge in [-0.1, -0.05) is 18.2 Å². The first-order valence-electron chi connectivity index (χ1n) is 6.87. The van der Waals surface area contributed by atoms with E-state index in [9.17, 15) is 4.39 Å². The highest BCUT2D eigenvalue weighted by Gasteiger charge is 2.37. The van der Waals surface area contributed by atoms with Crippen LogP contribution in [0.1, 0.15) is 25.3 Å². The van der Waals surface area contributed by atoms with E-state index in [2.05, 4.69) is 9.30 Å². The van der Waals surface area contributed by atoms with Crippen LogP contribution in [0.4, 0.5) is 4.39 Å². The van der Waals surface area contributed by atoms with Crippen LogP contribution in [0.15, 0.2) is 33.6 Å². The van der Waals surface area contributed by atoms with Gasteiger partial charge in [0.15, 0.2) is 0 Å². The molecule has 3 rings (SSSR count). The zero-order valence-corrected chi connectivity index (χ0v) is 12.4. The number of nitrogens with two attached hydrogens (primary N) is 1. The van der Waals surface area contributed by atoms with E-state index in [1.807, 2.05) is 13.0 Å². The maximum atomic E-state index is 14.1. The lowest BCUT2D eigenvalue weighted by Crippen LogP contribution is -2.49. The van der Waals surface area contributed by atoms with E-state index in [0.29, 0.717) is 17.3 Å². The number of benzene rings is 1. The third kappa shape index (κ3) is 2.32. The fourth-order valence-corrected chi connectivity index (χ4v) is 4.73. The second-order valence-electron chi connectivity index (χ2n) is 5.37. The summed E-state index contributed by atoms with van der Waals surface area (Å²) in [4.78, 5) is 4.60. The van der Waals surface area contributed by atoms with Crippen molar-refractivity contribution < 1.29 is 4.39 Å². The van der Waals surface area contributed by atoms with Crippen molar-refractivity contribution in [2.24, 2.45) is 15.1 Å². The molecular weight excluding hydrogens is 275 g/mol. The molecule has 1 aromatic carbocycles. The molecular formula is C14H19FN4S. The number of hydrogen-bond acceptors (Lipinski definition) is 4. The van der Waals surface area contributed by atoms with Crippen LogP contribution in [-0.2, 0) is 16.4 Å². The number of aliphatic imine (C=N–C) groups is 1. The van der Waals surface area contributed by atoms with Gasteiger partial charge in [0.2, 0.25) is 5.96 Å². The average Bonchev–Trinajstić information content (AvgIpc) is 2.64.